The van der Waals surface area contributed by atoms with Gasteiger partial charge in [-0.25, -0.2) is 4.85 Å². The van der Waals surface area contributed by atoms with Crippen LogP contribution in [0.5, 0.6) is 11.5 Å². The number of aromatic nitrogens is 2. The predicted octanol–water partition coefficient (Wildman–Crippen LogP) is 5.08. The molecule has 0 saturated carbocycles. The van der Waals surface area contributed by atoms with Crippen LogP contribution < -0.4 is 4.74 Å². The smallest absolute Gasteiger partial charge is 0.295 e. The first-order chi connectivity index (χ1) is 18.0. The van der Waals surface area contributed by atoms with E-state index < -0.39 is 11.7 Å². The van der Waals surface area contributed by atoms with E-state index in [1.54, 1.807) is 29.2 Å². The molecule has 2 N–H and O–H groups in total. The standard InChI is InChI=1S/C29H24N4O4/c1-30-25(18-6-4-3-5-7-18)20-12-14-33(15-13-20)29(36)28(35)22-16-31-27-24(22)23(37-2)17-32-26(27)19-8-10-21(34)11-9-19/h3-11,16-17,31,34H,12-15H2,2H3. The summed E-state index contributed by atoms with van der Waals surface area (Å²) in [6.07, 6.45) is 4.11. The fraction of sp³-hybridized carbons (Fsp3) is 0.172. The number of rotatable bonds is 5. The Morgan fingerprint density at radius 3 is 2.43 bits per heavy atom. The average Bonchev–Trinajstić information content (AvgIpc) is 3.39. The van der Waals surface area contributed by atoms with Gasteiger partial charge in [-0.1, -0.05) is 35.9 Å². The summed E-state index contributed by atoms with van der Waals surface area (Å²) in [4.78, 5) is 39.5. The van der Waals surface area contributed by atoms with Crippen LogP contribution in [0.25, 0.3) is 32.7 Å². The molecule has 0 spiro atoms. The number of phenols is 1. The molecule has 1 fully saturated rings. The number of aromatic hydroxyl groups is 1. The van der Waals surface area contributed by atoms with E-state index >= 15 is 0 Å². The van der Waals surface area contributed by atoms with Gasteiger partial charge in [-0.15, -0.1) is 0 Å². The van der Waals surface area contributed by atoms with Crippen molar-refractivity contribution in [3.05, 3.63) is 95.1 Å². The molecule has 37 heavy (non-hydrogen) atoms. The Kier molecular flexibility index (Phi) is 6.43. The van der Waals surface area contributed by atoms with Gasteiger partial charge in [-0.05, 0) is 42.7 Å². The van der Waals surface area contributed by atoms with Crippen molar-refractivity contribution in [3.8, 4) is 22.8 Å². The number of ketones is 1. The number of H-pyrrole nitrogens is 1. The second kappa shape index (κ2) is 9.99. The van der Waals surface area contributed by atoms with Crippen LogP contribution in [0, 0.1) is 6.57 Å². The first kappa shape index (κ1) is 23.8. The van der Waals surface area contributed by atoms with Crippen molar-refractivity contribution in [1.29, 1.82) is 0 Å². The monoisotopic (exact) mass is 492 g/mol. The van der Waals surface area contributed by atoms with Crippen LogP contribution >= 0.6 is 0 Å². The summed E-state index contributed by atoms with van der Waals surface area (Å²) in [5.74, 6) is -0.709. The fourth-order valence-corrected chi connectivity index (χ4v) is 4.71. The maximum atomic E-state index is 13.4. The van der Waals surface area contributed by atoms with Gasteiger partial charge in [-0.2, -0.15) is 0 Å². The van der Waals surface area contributed by atoms with Gasteiger partial charge in [0.25, 0.3) is 11.7 Å². The highest BCUT2D eigenvalue weighted by Gasteiger charge is 2.30. The minimum Gasteiger partial charge on any atom is -0.508 e. The molecular weight excluding hydrogens is 468 g/mol. The van der Waals surface area contributed by atoms with Crippen molar-refractivity contribution < 1.29 is 19.4 Å². The van der Waals surface area contributed by atoms with Crippen LogP contribution in [0.4, 0.5) is 0 Å². The largest absolute Gasteiger partial charge is 0.508 e. The Bertz CT molecular complexity index is 1550. The number of carbonyl (C=O) groups excluding carboxylic acids is 2. The third-order valence-electron chi connectivity index (χ3n) is 6.62. The number of benzene rings is 2. The molecule has 4 aromatic rings. The molecule has 3 heterocycles. The normalized spacial score (nSPS) is 13.3. The Balaban J connectivity index is 1.42. The van der Waals surface area contributed by atoms with Crippen LogP contribution in [0.2, 0.25) is 0 Å². The van der Waals surface area contributed by atoms with Crippen molar-refractivity contribution in [3.63, 3.8) is 0 Å². The number of pyridine rings is 1. The molecule has 5 rings (SSSR count). The number of nitrogens with one attached hydrogen (secondary N) is 1. The summed E-state index contributed by atoms with van der Waals surface area (Å²) >= 11 is 0. The number of methoxy groups -OCH3 is 1. The second-order valence-corrected chi connectivity index (χ2v) is 8.73. The molecule has 184 valence electrons. The van der Waals surface area contributed by atoms with Crippen molar-refractivity contribution in [2.24, 2.45) is 0 Å². The van der Waals surface area contributed by atoms with Gasteiger partial charge in [0.2, 0.25) is 0 Å². The van der Waals surface area contributed by atoms with E-state index in [1.807, 2.05) is 30.3 Å². The zero-order chi connectivity index (χ0) is 25.9. The van der Waals surface area contributed by atoms with E-state index in [9.17, 15) is 14.7 Å². The number of nitrogens with zero attached hydrogens (tertiary/aromatic N) is 3. The minimum atomic E-state index is -0.631. The summed E-state index contributed by atoms with van der Waals surface area (Å²) in [6, 6.07) is 16.1. The van der Waals surface area contributed by atoms with Crippen molar-refractivity contribution in [2.75, 3.05) is 20.2 Å². The van der Waals surface area contributed by atoms with Crippen molar-refractivity contribution in [2.45, 2.75) is 12.8 Å². The number of hydrogen-bond acceptors (Lipinski definition) is 5. The number of amides is 1. The lowest BCUT2D eigenvalue weighted by molar-refractivity contribution is -0.126. The molecule has 1 aliphatic rings. The highest BCUT2D eigenvalue weighted by molar-refractivity contribution is 6.45. The van der Waals surface area contributed by atoms with Gasteiger partial charge in [0.1, 0.15) is 11.5 Å². The zero-order valence-corrected chi connectivity index (χ0v) is 20.2. The highest BCUT2D eigenvalue weighted by atomic mass is 16.5. The van der Waals surface area contributed by atoms with Crippen LogP contribution in [-0.4, -0.2) is 51.9 Å². The molecule has 0 atom stereocenters. The highest BCUT2D eigenvalue weighted by Crippen LogP contribution is 2.35. The topological polar surface area (TPSA) is 99.9 Å². The fourth-order valence-electron chi connectivity index (χ4n) is 4.71. The number of ether oxygens (including phenoxy) is 1. The molecule has 8 heteroatoms. The Hall–Kier alpha value is -4.90. The number of fused-ring (bicyclic) bond motifs is 1. The first-order valence-electron chi connectivity index (χ1n) is 11.8. The van der Waals surface area contributed by atoms with Gasteiger partial charge in [0.15, 0.2) is 5.70 Å². The van der Waals surface area contributed by atoms with Gasteiger partial charge < -0.3 is 19.7 Å². The number of hydrogen-bond donors (Lipinski definition) is 2. The summed E-state index contributed by atoms with van der Waals surface area (Å²) in [5.41, 5.74) is 4.57. The molecule has 1 amide bonds. The number of carbonyl (C=O) groups is 2. The summed E-state index contributed by atoms with van der Waals surface area (Å²) in [5, 5.41) is 10.1. The van der Waals surface area contributed by atoms with E-state index in [-0.39, 0.29) is 11.3 Å². The minimum absolute atomic E-state index is 0.133. The molecule has 8 nitrogen and oxygen atoms in total. The molecular formula is C29H24N4O4. The molecule has 0 radical (unpaired) electrons. The lowest BCUT2D eigenvalue weighted by atomic mass is 9.97. The van der Waals surface area contributed by atoms with E-state index in [0.29, 0.717) is 54.0 Å². The van der Waals surface area contributed by atoms with Crippen LogP contribution in [0.1, 0.15) is 28.8 Å². The molecule has 1 aliphatic heterocycles. The summed E-state index contributed by atoms with van der Waals surface area (Å²) in [6.45, 7) is 8.37. The number of phenolic OH excluding ortho intramolecular Hbond substituents is 1. The lowest BCUT2D eigenvalue weighted by Crippen LogP contribution is -2.40. The number of aromatic amines is 1. The third-order valence-corrected chi connectivity index (χ3v) is 6.62. The van der Waals surface area contributed by atoms with Gasteiger partial charge in [-0.3, -0.25) is 14.6 Å². The second-order valence-electron chi connectivity index (χ2n) is 8.73. The maximum Gasteiger partial charge on any atom is 0.295 e. The van der Waals surface area contributed by atoms with Gasteiger partial charge >= 0.3 is 0 Å². The quantitative estimate of drug-likeness (QED) is 0.230. The van der Waals surface area contributed by atoms with Gasteiger partial charge in [0.05, 0.1) is 42.0 Å². The summed E-state index contributed by atoms with van der Waals surface area (Å²) in [7, 11) is 1.49. The van der Waals surface area contributed by atoms with Crippen LogP contribution in [0.15, 0.2) is 72.6 Å². The number of likely N-dealkylation sites (tertiary alicyclic amines) is 1. The first-order valence-corrected chi connectivity index (χ1v) is 11.8. The van der Waals surface area contributed by atoms with E-state index in [1.165, 1.54) is 19.5 Å². The lowest BCUT2D eigenvalue weighted by Gasteiger charge is -2.28. The third kappa shape index (κ3) is 4.43. The molecule has 2 aromatic heterocycles. The SMILES string of the molecule is [C-]#[N+]C(=C1CCN(C(=O)C(=O)c2c[nH]c3c(-c4ccc(O)cc4)ncc(OC)c23)CC1)c1ccccc1. The van der Waals surface area contributed by atoms with E-state index in [0.717, 1.165) is 16.7 Å². The van der Waals surface area contributed by atoms with Crippen LogP contribution in [-0.2, 0) is 4.79 Å². The van der Waals surface area contributed by atoms with E-state index in [2.05, 4.69) is 14.8 Å². The van der Waals surface area contributed by atoms with Gasteiger partial charge in [0, 0.05) is 24.8 Å². The number of piperidine rings is 1. The van der Waals surface area contributed by atoms with Crippen molar-refractivity contribution >= 4 is 28.3 Å². The van der Waals surface area contributed by atoms with E-state index in [4.69, 9.17) is 11.3 Å². The van der Waals surface area contributed by atoms with Crippen molar-refractivity contribution in [1.82, 2.24) is 14.9 Å². The predicted molar refractivity (Wildman–Crippen MR) is 140 cm³/mol. The Labute approximate surface area is 213 Å². The Morgan fingerprint density at radius 1 is 1.08 bits per heavy atom. The summed E-state index contributed by atoms with van der Waals surface area (Å²) < 4.78 is 5.47. The molecule has 0 bridgehead atoms. The molecule has 0 unspecified atom stereocenters. The molecule has 1 saturated heterocycles. The average molecular weight is 493 g/mol. The number of Topliss-reactive ketones (excluding diaryl/α,β-unsaturated/α-hetero) is 1. The molecule has 0 aliphatic carbocycles. The zero-order valence-electron chi connectivity index (χ0n) is 20.2. The Morgan fingerprint density at radius 2 is 1.78 bits per heavy atom. The maximum absolute atomic E-state index is 13.4. The van der Waals surface area contributed by atoms with Crippen LogP contribution in [0.3, 0.4) is 0 Å². The molecule has 2 aromatic carbocycles.